The summed E-state index contributed by atoms with van der Waals surface area (Å²) in [6.45, 7) is 5.76. The van der Waals surface area contributed by atoms with Crippen molar-refractivity contribution in [3.8, 4) is 5.69 Å². The average molecular weight is 435 g/mol. The zero-order valence-electron chi connectivity index (χ0n) is 16.9. The lowest BCUT2D eigenvalue weighted by molar-refractivity contribution is -0.113. The van der Waals surface area contributed by atoms with Gasteiger partial charge in [-0.15, -0.1) is 0 Å². The molecule has 9 heteroatoms. The maximum Gasteiger partial charge on any atom is 0.295 e. The fraction of sp³-hybridized carbons (Fsp3) is 0.450. The van der Waals surface area contributed by atoms with Crippen molar-refractivity contribution in [3.05, 3.63) is 46.4 Å². The van der Waals surface area contributed by atoms with Crippen LogP contribution in [0, 0.1) is 12.8 Å². The molecule has 156 valence electrons. The predicted octanol–water partition coefficient (Wildman–Crippen LogP) is 3.66. The van der Waals surface area contributed by atoms with E-state index in [-0.39, 0.29) is 27.4 Å². The number of carbonyl (C=O) groups excluding carboxylic acids is 2. The normalized spacial score (nSPS) is 17.3. The van der Waals surface area contributed by atoms with Gasteiger partial charge in [0.25, 0.3) is 10.0 Å². The quantitative estimate of drug-likeness (QED) is 0.724. The lowest BCUT2D eigenvalue weighted by Crippen LogP contribution is -2.29. The van der Waals surface area contributed by atoms with E-state index in [1.807, 2.05) is 30.3 Å². The van der Waals surface area contributed by atoms with Crippen molar-refractivity contribution in [1.29, 1.82) is 0 Å². The molecule has 1 aromatic heterocycles. The molecular weight excluding hydrogens is 408 g/mol. The van der Waals surface area contributed by atoms with Gasteiger partial charge in [0.1, 0.15) is 5.69 Å². The predicted molar refractivity (Wildman–Crippen MR) is 120 cm³/mol. The van der Waals surface area contributed by atoms with Crippen LogP contribution in [-0.2, 0) is 11.8 Å². The van der Waals surface area contributed by atoms with Crippen molar-refractivity contribution in [1.82, 2.24) is 13.7 Å². The van der Waals surface area contributed by atoms with Gasteiger partial charge in [-0.3, -0.25) is 19.1 Å². The Morgan fingerprint density at radius 3 is 2.66 bits per heavy atom. The van der Waals surface area contributed by atoms with Crippen molar-refractivity contribution in [2.24, 2.45) is 13.0 Å². The fourth-order valence-electron chi connectivity index (χ4n) is 3.37. The molecule has 2 aromatic rings. The van der Waals surface area contributed by atoms with Crippen molar-refractivity contribution in [2.45, 2.75) is 26.7 Å². The van der Waals surface area contributed by atoms with Crippen LogP contribution in [0.5, 0.6) is 0 Å². The van der Waals surface area contributed by atoms with Crippen molar-refractivity contribution < 1.29 is 9.59 Å². The van der Waals surface area contributed by atoms with E-state index in [0.29, 0.717) is 11.6 Å². The number of rotatable bonds is 5. The molecule has 2 heterocycles. The van der Waals surface area contributed by atoms with Crippen LogP contribution in [0.25, 0.3) is 5.69 Å². The number of thioether (sulfide) groups is 1. The Hall–Kier alpha value is -1.97. The molecule has 0 bridgehead atoms. The Morgan fingerprint density at radius 1 is 1.24 bits per heavy atom. The zero-order chi connectivity index (χ0) is 21.0. The molecule has 1 aliphatic heterocycles. The van der Waals surface area contributed by atoms with E-state index in [1.54, 1.807) is 18.7 Å². The molecule has 1 N–H and O–H groups in total. The van der Waals surface area contributed by atoms with Gasteiger partial charge in [-0.2, -0.15) is 0 Å². The first-order valence-electron chi connectivity index (χ1n) is 9.60. The lowest BCUT2D eigenvalue weighted by atomic mass is 10.0. The minimum absolute atomic E-state index is 0.0195. The van der Waals surface area contributed by atoms with E-state index in [4.69, 9.17) is 0 Å². The number of aromatic nitrogens is 2. The van der Waals surface area contributed by atoms with Crippen LogP contribution >= 0.6 is 23.7 Å². The van der Waals surface area contributed by atoms with Gasteiger partial charge in [-0.1, -0.05) is 36.9 Å². The SMILES string of the molecule is Cc1c(NC(=O)CSC(=O)SN2CCCC(C)C2)c(=O)n(-c2ccccc2)n1C. The largest absolute Gasteiger partial charge is 0.319 e. The highest BCUT2D eigenvalue weighted by atomic mass is 32.2. The first kappa shape index (κ1) is 21.7. The van der Waals surface area contributed by atoms with Crippen molar-refractivity contribution in [3.63, 3.8) is 0 Å². The summed E-state index contributed by atoms with van der Waals surface area (Å²) in [5, 5.41) is 2.69. The molecule has 0 aliphatic carbocycles. The summed E-state index contributed by atoms with van der Waals surface area (Å²) in [4.78, 5) is 37.4. The Labute approximate surface area is 178 Å². The molecule has 0 saturated carbocycles. The number of nitrogens with one attached hydrogen (secondary N) is 1. The van der Waals surface area contributed by atoms with E-state index >= 15 is 0 Å². The van der Waals surface area contributed by atoms with Crippen molar-refractivity contribution >= 4 is 39.8 Å². The molecule has 1 aliphatic rings. The molecule has 1 fully saturated rings. The molecule has 29 heavy (non-hydrogen) atoms. The second kappa shape index (κ2) is 9.69. The van der Waals surface area contributed by atoms with Gasteiger partial charge < -0.3 is 5.32 Å². The number of benzene rings is 1. The van der Waals surface area contributed by atoms with Crippen LogP contribution in [-0.4, -0.2) is 42.9 Å². The molecule has 1 saturated heterocycles. The monoisotopic (exact) mass is 434 g/mol. The summed E-state index contributed by atoms with van der Waals surface area (Å²) in [5.74, 6) is 0.209. The maximum atomic E-state index is 12.8. The second-order valence-electron chi connectivity index (χ2n) is 7.25. The van der Waals surface area contributed by atoms with Crippen LogP contribution in [0.4, 0.5) is 10.5 Å². The number of hydrogen-bond donors (Lipinski definition) is 1. The van der Waals surface area contributed by atoms with E-state index < -0.39 is 0 Å². The van der Waals surface area contributed by atoms with Gasteiger partial charge in [0.05, 0.1) is 17.1 Å². The lowest BCUT2D eigenvalue weighted by Gasteiger charge is -2.28. The second-order valence-corrected chi connectivity index (χ2v) is 9.53. The molecule has 7 nitrogen and oxygen atoms in total. The summed E-state index contributed by atoms with van der Waals surface area (Å²) in [5.41, 5.74) is 1.32. The highest BCUT2D eigenvalue weighted by Crippen LogP contribution is 2.27. The molecule has 3 rings (SSSR count). The van der Waals surface area contributed by atoms with E-state index in [9.17, 15) is 14.4 Å². The fourth-order valence-corrected chi connectivity index (χ4v) is 5.16. The zero-order valence-corrected chi connectivity index (χ0v) is 18.5. The van der Waals surface area contributed by atoms with Crippen LogP contribution in [0.2, 0.25) is 0 Å². The number of piperidine rings is 1. The Balaban J connectivity index is 1.60. The van der Waals surface area contributed by atoms with E-state index in [0.717, 1.165) is 37.0 Å². The van der Waals surface area contributed by atoms with Gasteiger partial charge in [-0.25, -0.2) is 8.99 Å². The first-order valence-corrected chi connectivity index (χ1v) is 11.4. The molecule has 0 radical (unpaired) electrons. The smallest absolute Gasteiger partial charge is 0.295 e. The number of amides is 1. The summed E-state index contributed by atoms with van der Waals surface area (Å²) >= 11 is 2.16. The number of nitrogens with zero attached hydrogens (tertiary/aromatic N) is 3. The maximum absolute atomic E-state index is 12.8. The standard InChI is InChI=1S/C20H26N4O3S2/c1-14-8-7-11-23(12-14)29-20(27)28-13-17(25)21-18-15(2)22(3)24(19(18)26)16-9-5-4-6-10-16/h4-6,9-10,14H,7-8,11-13H2,1-3H3,(H,21,25). The first-order chi connectivity index (χ1) is 13.9. The van der Waals surface area contributed by atoms with Gasteiger partial charge >= 0.3 is 0 Å². The average Bonchev–Trinajstić information content (AvgIpc) is 2.90. The summed E-state index contributed by atoms with van der Waals surface area (Å²) in [6.07, 6.45) is 2.28. The number of carbonyl (C=O) groups is 2. The Kier molecular flexibility index (Phi) is 7.26. The third kappa shape index (κ3) is 5.34. The molecule has 0 spiro atoms. The highest BCUT2D eigenvalue weighted by Gasteiger charge is 2.21. The third-order valence-corrected chi connectivity index (χ3v) is 6.92. The van der Waals surface area contributed by atoms with Crippen LogP contribution in [0.3, 0.4) is 0 Å². The molecular formula is C20H26N4O3S2. The summed E-state index contributed by atoms with van der Waals surface area (Å²) in [6, 6.07) is 9.25. The number of hydrogen-bond acceptors (Lipinski definition) is 6. The molecule has 1 unspecified atom stereocenters. The molecule has 1 atom stereocenters. The van der Waals surface area contributed by atoms with E-state index in [1.165, 1.54) is 23.1 Å². The molecule has 1 amide bonds. The number of anilines is 1. The van der Waals surface area contributed by atoms with Gasteiger partial charge in [0, 0.05) is 32.1 Å². The van der Waals surface area contributed by atoms with Crippen LogP contribution in [0.1, 0.15) is 25.5 Å². The van der Waals surface area contributed by atoms with Crippen LogP contribution < -0.4 is 10.9 Å². The minimum Gasteiger partial charge on any atom is -0.319 e. The van der Waals surface area contributed by atoms with Gasteiger partial charge in [0.15, 0.2) is 0 Å². The van der Waals surface area contributed by atoms with Crippen LogP contribution in [0.15, 0.2) is 35.1 Å². The van der Waals surface area contributed by atoms with Gasteiger partial charge in [0.2, 0.25) is 5.91 Å². The Bertz CT molecular complexity index is 939. The van der Waals surface area contributed by atoms with Crippen molar-refractivity contribution in [2.75, 3.05) is 24.2 Å². The topological polar surface area (TPSA) is 76.3 Å². The van der Waals surface area contributed by atoms with Gasteiger partial charge in [-0.05, 0) is 37.8 Å². The van der Waals surface area contributed by atoms with E-state index in [2.05, 4.69) is 16.5 Å². The molecule has 1 aromatic carbocycles. The summed E-state index contributed by atoms with van der Waals surface area (Å²) < 4.78 is 5.19. The highest BCUT2D eigenvalue weighted by molar-refractivity contribution is 8.37. The minimum atomic E-state index is -0.359. The summed E-state index contributed by atoms with van der Waals surface area (Å²) in [7, 11) is 1.77. The number of para-hydroxylation sites is 1. The Morgan fingerprint density at radius 2 is 1.97 bits per heavy atom. The third-order valence-electron chi connectivity index (χ3n) is 4.96.